The molecule has 0 aromatic rings. The van der Waals surface area contributed by atoms with Gasteiger partial charge in [-0.25, -0.2) is 4.79 Å². The molecule has 0 bridgehead atoms. The van der Waals surface area contributed by atoms with Gasteiger partial charge in [0.15, 0.2) is 0 Å². The van der Waals surface area contributed by atoms with Crippen molar-refractivity contribution in [2.45, 2.75) is 58.6 Å². The standard InChI is InChI=1S/C16H29IN2O4S/c1-12(18(5)15(21)23-16(2,3)4)14(20)19-9-6-13(7-10-19)8-11-22-24-17/h12-13H,6-11H2,1-5H3. The Morgan fingerprint density at radius 2 is 1.92 bits per heavy atom. The van der Waals surface area contributed by atoms with Gasteiger partial charge < -0.3 is 13.8 Å². The van der Waals surface area contributed by atoms with Gasteiger partial charge in [-0.15, -0.1) is 0 Å². The Kier molecular flexibility index (Phi) is 9.14. The van der Waals surface area contributed by atoms with Crippen LogP contribution in [0.2, 0.25) is 0 Å². The molecular weight excluding hydrogens is 443 g/mol. The lowest BCUT2D eigenvalue weighted by Crippen LogP contribution is -2.50. The molecule has 0 spiro atoms. The summed E-state index contributed by atoms with van der Waals surface area (Å²) in [6.45, 7) is 9.44. The minimum atomic E-state index is -0.565. The highest BCUT2D eigenvalue weighted by molar-refractivity contribution is 14.2. The number of ether oxygens (including phenoxy) is 1. The number of piperidine rings is 1. The van der Waals surface area contributed by atoms with Crippen LogP contribution in [0.4, 0.5) is 4.79 Å². The SMILES string of the molecule is CC(C(=O)N1CCC(CCOSI)CC1)N(C)C(=O)OC(C)(C)C. The van der Waals surface area contributed by atoms with Gasteiger partial charge in [0.25, 0.3) is 0 Å². The molecule has 1 unspecified atom stereocenters. The molecule has 2 amide bonds. The summed E-state index contributed by atoms with van der Waals surface area (Å²) in [5, 5.41) is 0. The Hall–Kier alpha value is -0.220. The second kappa shape index (κ2) is 10.1. The van der Waals surface area contributed by atoms with Crippen molar-refractivity contribution in [3.8, 4) is 0 Å². The van der Waals surface area contributed by atoms with E-state index in [9.17, 15) is 9.59 Å². The van der Waals surface area contributed by atoms with Crippen molar-refractivity contribution in [1.29, 1.82) is 0 Å². The minimum absolute atomic E-state index is 0.0131. The van der Waals surface area contributed by atoms with Crippen molar-refractivity contribution >= 4 is 42.4 Å². The van der Waals surface area contributed by atoms with Gasteiger partial charge in [0.1, 0.15) is 11.6 Å². The lowest BCUT2D eigenvalue weighted by Gasteiger charge is -2.36. The molecule has 0 N–H and O–H groups in total. The molecule has 1 fully saturated rings. The minimum Gasteiger partial charge on any atom is -0.444 e. The molecule has 8 heteroatoms. The van der Waals surface area contributed by atoms with Crippen LogP contribution in [0.25, 0.3) is 0 Å². The number of carbonyl (C=O) groups is 2. The third-order valence-electron chi connectivity index (χ3n) is 4.20. The first-order valence-corrected chi connectivity index (χ1v) is 11.6. The normalized spacial score (nSPS) is 17.5. The summed E-state index contributed by atoms with van der Waals surface area (Å²) in [5.74, 6) is 0.595. The number of rotatable bonds is 6. The molecule has 0 aromatic heterocycles. The Labute approximate surface area is 161 Å². The van der Waals surface area contributed by atoms with Gasteiger partial charge in [-0.3, -0.25) is 9.69 Å². The highest BCUT2D eigenvalue weighted by atomic mass is 127. The van der Waals surface area contributed by atoms with Gasteiger partial charge in [-0.05, 0) is 52.9 Å². The predicted octanol–water partition coefficient (Wildman–Crippen LogP) is 3.89. The average molecular weight is 472 g/mol. The molecule has 1 aliphatic rings. The lowest BCUT2D eigenvalue weighted by molar-refractivity contribution is -0.137. The molecule has 1 heterocycles. The number of likely N-dealkylation sites (tertiary alicyclic amines) is 1. The van der Waals surface area contributed by atoms with E-state index in [0.717, 1.165) is 39.0 Å². The van der Waals surface area contributed by atoms with E-state index in [2.05, 4.69) is 21.2 Å². The zero-order valence-corrected chi connectivity index (χ0v) is 18.2. The van der Waals surface area contributed by atoms with Crippen molar-refractivity contribution in [3.63, 3.8) is 0 Å². The average Bonchev–Trinajstić information content (AvgIpc) is 2.52. The third-order valence-corrected chi connectivity index (χ3v) is 5.22. The molecule has 140 valence electrons. The van der Waals surface area contributed by atoms with Crippen molar-refractivity contribution in [3.05, 3.63) is 0 Å². The van der Waals surface area contributed by atoms with E-state index in [1.807, 2.05) is 25.7 Å². The zero-order chi connectivity index (χ0) is 18.3. The van der Waals surface area contributed by atoms with Crippen LogP contribution in [-0.2, 0) is 13.7 Å². The molecule has 1 saturated heterocycles. The number of nitrogens with zero attached hydrogens (tertiary/aromatic N) is 2. The van der Waals surface area contributed by atoms with Crippen molar-refractivity contribution in [1.82, 2.24) is 9.80 Å². The Morgan fingerprint density at radius 1 is 1.33 bits per heavy atom. The van der Waals surface area contributed by atoms with Gasteiger partial charge >= 0.3 is 6.09 Å². The summed E-state index contributed by atoms with van der Waals surface area (Å²) >= 11 is 2.12. The molecule has 0 aromatic carbocycles. The Bertz CT molecular complexity index is 423. The smallest absolute Gasteiger partial charge is 0.410 e. The van der Waals surface area contributed by atoms with E-state index >= 15 is 0 Å². The van der Waals surface area contributed by atoms with Gasteiger partial charge in [0, 0.05) is 41.3 Å². The van der Waals surface area contributed by atoms with Crippen LogP contribution in [0.3, 0.4) is 0 Å². The van der Waals surface area contributed by atoms with Crippen LogP contribution in [0.1, 0.15) is 47.0 Å². The topological polar surface area (TPSA) is 59.1 Å². The Morgan fingerprint density at radius 3 is 2.42 bits per heavy atom. The van der Waals surface area contributed by atoms with Crippen LogP contribution in [-0.4, -0.2) is 60.2 Å². The first-order valence-electron chi connectivity index (χ1n) is 8.30. The predicted molar refractivity (Wildman–Crippen MR) is 105 cm³/mol. The van der Waals surface area contributed by atoms with E-state index in [0.29, 0.717) is 5.92 Å². The summed E-state index contributed by atoms with van der Waals surface area (Å²) in [7, 11) is 2.98. The maximum atomic E-state index is 12.6. The lowest BCUT2D eigenvalue weighted by atomic mass is 9.93. The first kappa shape index (κ1) is 21.8. The van der Waals surface area contributed by atoms with E-state index in [-0.39, 0.29) is 5.91 Å². The fourth-order valence-corrected chi connectivity index (χ4v) is 3.31. The highest BCUT2D eigenvalue weighted by Gasteiger charge is 2.31. The molecular formula is C16H29IN2O4S. The molecule has 0 aliphatic carbocycles. The molecule has 0 radical (unpaired) electrons. The summed E-state index contributed by atoms with van der Waals surface area (Å²) < 4.78 is 10.6. The largest absolute Gasteiger partial charge is 0.444 e. The van der Waals surface area contributed by atoms with Crippen LogP contribution in [0.15, 0.2) is 0 Å². The quantitative estimate of drug-likeness (QED) is 0.334. The maximum Gasteiger partial charge on any atom is 0.410 e. The zero-order valence-electron chi connectivity index (χ0n) is 15.2. The number of carbonyl (C=O) groups excluding carboxylic acids is 2. The van der Waals surface area contributed by atoms with Gasteiger partial charge in [0.05, 0.1) is 15.8 Å². The molecule has 6 nitrogen and oxygen atoms in total. The fourth-order valence-electron chi connectivity index (χ4n) is 2.61. The first-order chi connectivity index (χ1) is 11.2. The molecule has 1 rings (SSSR count). The number of halogens is 1. The summed E-state index contributed by atoms with van der Waals surface area (Å²) in [4.78, 5) is 28.0. The number of hydrogen-bond acceptors (Lipinski definition) is 5. The fraction of sp³-hybridized carbons (Fsp3) is 0.875. The van der Waals surface area contributed by atoms with Gasteiger partial charge in [0.2, 0.25) is 5.91 Å². The van der Waals surface area contributed by atoms with Crippen LogP contribution >= 0.6 is 30.4 Å². The van der Waals surface area contributed by atoms with Crippen LogP contribution in [0.5, 0.6) is 0 Å². The summed E-state index contributed by atoms with van der Waals surface area (Å²) in [6.07, 6.45) is 2.55. The van der Waals surface area contributed by atoms with E-state index in [1.54, 1.807) is 14.0 Å². The summed E-state index contributed by atoms with van der Waals surface area (Å²) in [5.41, 5.74) is -0.565. The van der Waals surface area contributed by atoms with Gasteiger partial charge in [-0.1, -0.05) is 0 Å². The van der Waals surface area contributed by atoms with Crippen molar-refractivity contribution in [2.75, 3.05) is 26.7 Å². The highest BCUT2D eigenvalue weighted by Crippen LogP contribution is 2.23. The van der Waals surface area contributed by atoms with Gasteiger partial charge in [-0.2, -0.15) is 0 Å². The second-order valence-electron chi connectivity index (χ2n) is 7.21. The number of amides is 2. The monoisotopic (exact) mass is 472 g/mol. The van der Waals surface area contributed by atoms with Crippen molar-refractivity contribution in [2.24, 2.45) is 5.92 Å². The second-order valence-corrected chi connectivity index (χ2v) is 8.65. The Balaban J connectivity index is 2.45. The maximum absolute atomic E-state index is 12.6. The third kappa shape index (κ3) is 7.35. The van der Waals surface area contributed by atoms with Crippen LogP contribution in [0, 0.1) is 5.92 Å². The molecule has 0 saturated carbocycles. The van der Waals surface area contributed by atoms with Crippen molar-refractivity contribution < 1.29 is 18.5 Å². The van der Waals surface area contributed by atoms with E-state index in [1.165, 1.54) is 14.1 Å². The summed E-state index contributed by atoms with van der Waals surface area (Å²) in [6, 6.07) is -0.518. The van der Waals surface area contributed by atoms with E-state index in [4.69, 9.17) is 8.92 Å². The number of likely N-dealkylation sites (N-methyl/N-ethyl adjacent to an activating group) is 1. The van der Waals surface area contributed by atoms with E-state index < -0.39 is 17.7 Å². The molecule has 1 atom stereocenters. The van der Waals surface area contributed by atoms with Crippen LogP contribution < -0.4 is 0 Å². The number of hydrogen-bond donors (Lipinski definition) is 0. The molecule has 1 aliphatic heterocycles. The molecule has 24 heavy (non-hydrogen) atoms.